The fourth-order valence-corrected chi connectivity index (χ4v) is 2.11. The maximum absolute atomic E-state index is 8.35. The highest BCUT2D eigenvalue weighted by Crippen LogP contribution is 1.98. The molecule has 0 fully saturated rings. The van der Waals surface area contributed by atoms with Crippen molar-refractivity contribution in [3.05, 3.63) is 41.8 Å². The van der Waals surface area contributed by atoms with E-state index in [4.69, 9.17) is 22.1 Å². The van der Waals surface area contributed by atoms with E-state index in [1.807, 2.05) is 0 Å². The summed E-state index contributed by atoms with van der Waals surface area (Å²) < 4.78 is 0. The molecule has 0 rings (SSSR count). The minimum atomic E-state index is 0.351. The molecular formula is C11H22N14. The average molecular weight is 350 g/mol. The Hall–Kier alpha value is -2.84. The summed E-state index contributed by atoms with van der Waals surface area (Å²) >= 11 is 0. The molecule has 0 aliphatic carbocycles. The Morgan fingerprint density at radius 3 is 1.00 bits per heavy atom. The lowest BCUT2D eigenvalue weighted by Crippen LogP contribution is -2.35. The second-order valence-electron chi connectivity index (χ2n) is 4.85. The van der Waals surface area contributed by atoms with Crippen LogP contribution in [-0.4, -0.2) is 75.2 Å². The van der Waals surface area contributed by atoms with Crippen molar-refractivity contribution in [2.45, 2.75) is 6.42 Å². The Balaban J connectivity index is 4.39. The number of hydrogen-bond donors (Lipinski definition) is 0. The fraction of sp³-hybridized carbons (Fsp3) is 1.00. The maximum Gasteiger partial charge on any atom is 0.0385 e. The summed E-state index contributed by atoms with van der Waals surface area (Å²) in [6.07, 6.45) is 0.819. The van der Waals surface area contributed by atoms with E-state index in [0.717, 1.165) is 19.5 Å². The fourth-order valence-electron chi connectivity index (χ4n) is 2.11. The largest absolute Gasteiger partial charge is 0.303 e. The van der Waals surface area contributed by atoms with E-state index < -0.39 is 0 Å². The number of nitrogens with zero attached hydrogens (tertiary/aromatic N) is 14. The van der Waals surface area contributed by atoms with Crippen molar-refractivity contribution in [2.75, 3.05) is 65.4 Å². The molecule has 136 valence electrons. The molecule has 0 aromatic rings. The molecule has 0 aromatic carbocycles. The van der Waals surface area contributed by atoms with Gasteiger partial charge in [-0.1, -0.05) is 20.5 Å². The van der Waals surface area contributed by atoms with Crippen molar-refractivity contribution in [2.24, 2.45) is 20.5 Å². The number of rotatable bonds is 16. The second-order valence-corrected chi connectivity index (χ2v) is 4.85. The molecule has 0 saturated carbocycles. The van der Waals surface area contributed by atoms with Gasteiger partial charge in [-0.15, -0.1) is 0 Å². The monoisotopic (exact) mass is 350 g/mol. The molecule has 0 bridgehead atoms. The van der Waals surface area contributed by atoms with E-state index in [-0.39, 0.29) is 0 Å². The van der Waals surface area contributed by atoms with E-state index in [2.05, 4.69) is 49.9 Å². The van der Waals surface area contributed by atoms with Crippen LogP contribution in [0.15, 0.2) is 20.5 Å². The van der Waals surface area contributed by atoms with Crippen LogP contribution >= 0.6 is 0 Å². The van der Waals surface area contributed by atoms with Crippen LogP contribution in [0, 0.1) is 0 Å². The molecular weight excluding hydrogens is 328 g/mol. The Bertz CT molecular complexity index is 443. The summed E-state index contributed by atoms with van der Waals surface area (Å²) in [6.45, 7) is 5.22. The number of azide groups is 4. The third kappa shape index (κ3) is 14.5. The van der Waals surface area contributed by atoms with Gasteiger partial charge in [0.25, 0.3) is 0 Å². The van der Waals surface area contributed by atoms with Gasteiger partial charge >= 0.3 is 0 Å². The highest BCUT2D eigenvalue weighted by Gasteiger charge is 2.07. The molecule has 0 aliphatic heterocycles. The van der Waals surface area contributed by atoms with Gasteiger partial charge in [0, 0.05) is 72.0 Å². The lowest BCUT2D eigenvalue weighted by Gasteiger charge is -2.24. The second kappa shape index (κ2) is 17.5. The normalized spacial score (nSPS) is 9.68. The summed E-state index contributed by atoms with van der Waals surface area (Å²) in [7, 11) is 0. The van der Waals surface area contributed by atoms with Crippen LogP contribution in [0.1, 0.15) is 6.42 Å². The first-order valence-corrected chi connectivity index (χ1v) is 7.76. The van der Waals surface area contributed by atoms with Gasteiger partial charge in [0.05, 0.1) is 0 Å². The first-order valence-electron chi connectivity index (χ1n) is 7.76. The molecule has 0 radical (unpaired) electrons. The van der Waals surface area contributed by atoms with Gasteiger partial charge in [-0.25, -0.2) is 0 Å². The minimum Gasteiger partial charge on any atom is -0.303 e. The van der Waals surface area contributed by atoms with E-state index in [9.17, 15) is 0 Å². The summed E-state index contributed by atoms with van der Waals surface area (Å²) in [5.41, 5.74) is 33.4. The van der Waals surface area contributed by atoms with Crippen molar-refractivity contribution >= 4 is 0 Å². The predicted molar refractivity (Wildman–Crippen MR) is 93.5 cm³/mol. The maximum atomic E-state index is 8.35. The Labute approximate surface area is 144 Å². The molecule has 14 heteroatoms. The van der Waals surface area contributed by atoms with Crippen molar-refractivity contribution < 1.29 is 0 Å². The summed E-state index contributed by atoms with van der Waals surface area (Å²) in [5, 5.41) is 14.1. The van der Waals surface area contributed by atoms with Crippen LogP contribution in [-0.2, 0) is 0 Å². The third-order valence-corrected chi connectivity index (χ3v) is 3.27. The molecule has 0 heterocycles. The third-order valence-electron chi connectivity index (χ3n) is 3.27. The van der Waals surface area contributed by atoms with E-state index in [1.165, 1.54) is 0 Å². The summed E-state index contributed by atoms with van der Waals surface area (Å²) in [4.78, 5) is 15.0. The van der Waals surface area contributed by atoms with E-state index in [1.54, 1.807) is 0 Å². The van der Waals surface area contributed by atoms with Crippen molar-refractivity contribution in [1.82, 2.24) is 9.80 Å². The van der Waals surface area contributed by atoms with Gasteiger partial charge in [0.1, 0.15) is 0 Å². The highest BCUT2D eigenvalue weighted by atomic mass is 15.2. The van der Waals surface area contributed by atoms with Crippen molar-refractivity contribution in [3.63, 3.8) is 0 Å². The average Bonchev–Trinajstić information content (AvgIpc) is 2.61. The van der Waals surface area contributed by atoms with Gasteiger partial charge in [-0.2, -0.15) is 0 Å². The Morgan fingerprint density at radius 2 is 0.760 bits per heavy atom. The number of hydrogen-bond acceptors (Lipinski definition) is 6. The van der Waals surface area contributed by atoms with Gasteiger partial charge in [-0.05, 0) is 41.6 Å². The predicted octanol–water partition coefficient (Wildman–Crippen LogP) is 3.22. The van der Waals surface area contributed by atoms with Gasteiger partial charge in [0.15, 0.2) is 0 Å². The van der Waals surface area contributed by atoms with Crippen molar-refractivity contribution in [1.29, 1.82) is 0 Å². The molecule has 0 aromatic heterocycles. The van der Waals surface area contributed by atoms with Crippen LogP contribution in [0.5, 0.6) is 0 Å². The van der Waals surface area contributed by atoms with Crippen LogP contribution in [0.25, 0.3) is 41.8 Å². The van der Waals surface area contributed by atoms with Gasteiger partial charge in [-0.3, -0.25) is 0 Å². The SMILES string of the molecule is [N-]=[N+]=NCCN(CCCN(CCN=[N+]=[N-])CCN=[N+]=[N-])CCN=[N+]=[N-]. The lowest BCUT2D eigenvalue weighted by molar-refractivity contribution is 0.238. The smallest absolute Gasteiger partial charge is 0.0385 e. The molecule has 0 N–H and O–H groups in total. The first-order chi connectivity index (χ1) is 12.3. The minimum absolute atomic E-state index is 0.351. The standard InChI is InChI=1S/C11H22N14/c12-20-16-2-8-24(9-3-17-21-13)6-1-7-25(10-4-18-22-14)11-5-19-23-15/h1-11H2. The van der Waals surface area contributed by atoms with Crippen LogP contribution in [0.2, 0.25) is 0 Å². The van der Waals surface area contributed by atoms with Gasteiger partial charge in [0.2, 0.25) is 0 Å². The zero-order valence-corrected chi connectivity index (χ0v) is 14.0. The Kier molecular flexibility index (Phi) is 15.5. The lowest BCUT2D eigenvalue weighted by atomic mass is 10.3. The zero-order valence-electron chi connectivity index (χ0n) is 14.0. The van der Waals surface area contributed by atoms with Crippen LogP contribution in [0.4, 0.5) is 0 Å². The quantitative estimate of drug-likeness (QED) is 0.233. The highest BCUT2D eigenvalue weighted by molar-refractivity contribution is 4.67. The summed E-state index contributed by atoms with van der Waals surface area (Å²) in [5.74, 6) is 0. The van der Waals surface area contributed by atoms with Crippen LogP contribution < -0.4 is 0 Å². The molecule has 0 atom stereocenters. The van der Waals surface area contributed by atoms with Crippen molar-refractivity contribution in [3.8, 4) is 0 Å². The zero-order chi connectivity index (χ0) is 18.6. The molecule has 0 unspecified atom stereocenters. The molecule has 0 spiro atoms. The Morgan fingerprint density at radius 1 is 0.480 bits per heavy atom. The molecule has 0 saturated heterocycles. The molecule has 0 aliphatic rings. The topological polar surface area (TPSA) is 202 Å². The first kappa shape index (κ1) is 22.2. The molecule has 25 heavy (non-hydrogen) atoms. The van der Waals surface area contributed by atoms with E-state index >= 15 is 0 Å². The van der Waals surface area contributed by atoms with E-state index in [0.29, 0.717) is 52.4 Å². The molecule has 14 nitrogen and oxygen atoms in total. The van der Waals surface area contributed by atoms with Crippen LogP contribution in [0.3, 0.4) is 0 Å². The summed E-state index contributed by atoms with van der Waals surface area (Å²) in [6, 6.07) is 0. The van der Waals surface area contributed by atoms with Gasteiger partial charge < -0.3 is 9.80 Å². The molecule has 0 amide bonds.